The topological polar surface area (TPSA) is 49.3 Å². The zero-order chi connectivity index (χ0) is 10.3. The summed E-state index contributed by atoms with van der Waals surface area (Å²) in [4.78, 5) is 11.1. The third-order valence-corrected chi connectivity index (χ3v) is 1.75. The van der Waals surface area contributed by atoms with Crippen molar-refractivity contribution in [3.8, 4) is 0 Å². The molecule has 2 N–H and O–H groups in total. The Morgan fingerprint density at radius 2 is 2.08 bits per heavy atom. The quantitative estimate of drug-likeness (QED) is 0.658. The minimum absolute atomic E-state index is 0.0325. The summed E-state index contributed by atoms with van der Waals surface area (Å²) in [5.41, 5.74) is 0. The number of aliphatic hydroxyl groups excluding tert-OH is 1. The monoisotopic (exact) mass is 187 g/mol. The molecule has 13 heavy (non-hydrogen) atoms. The molecule has 0 rings (SSSR count). The summed E-state index contributed by atoms with van der Waals surface area (Å²) >= 11 is 0. The number of carbonyl (C=O) groups is 1. The van der Waals surface area contributed by atoms with Crippen LogP contribution in [-0.2, 0) is 4.79 Å². The van der Waals surface area contributed by atoms with Crippen molar-refractivity contribution < 1.29 is 9.90 Å². The molecule has 1 unspecified atom stereocenters. The van der Waals surface area contributed by atoms with E-state index in [1.165, 1.54) is 0 Å². The number of rotatable bonds is 6. The van der Waals surface area contributed by atoms with Crippen LogP contribution in [0.1, 0.15) is 40.0 Å². The van der Waals surface area contributed by atoms with E-state index in [0.29, 0.717) is 18.9 Å². The Balaban J connectivity index is 3.46. The summed E-state index contributed by atoms with van der Waals surface area (Å²) in [5.74, 6) is 0.411. The van der Waals surface area contributed by atoms with Gasteiger partial charge in [-0.1, -0.05) is 27.2 Å². The molecule has 0 saturated carbocycles. The molecule has 0 heterocycles. The Labute approximate surface area is 80.5 Å². The van der Waals surface area contributed by atoms with Crippen LogP contribution in [0.25, 0.3) is 0 Å². The molecule has 3 nitrogen and oxygen atoms in total. The summed E-state index contributed by atoms with van der Waals surface area (Å²) < 4.78 is 0. The number of hydrogen-bond acceptors (Lipinski definition) is 2. The Kier molecular flexibility index (Phi) is 6.59. The van der Waals surface area contributed by atoms with Gasteiger partial charge in [-0.25, -0.2) is 0 Å². The Bertz CT molecular complexity index is 146. The van der Waals surface area contributed by atoms with Crippen LogP contribution in [0.15, 0.2) is 0 Å². The lowest BCUT2D eigenvalue weighted by Crippen LogP contribution is -2.32. The predicted molar refractivity (Wildman–Crippen MR) is 53.4 cm³/mol. The Morgan fingerprint density at radius 1 is 1.46 bits per heavy atom. The molecular formula is C10H21NO2. The van der Waals surface area contributed by atoms with Gasteiger partial charge in [0.05, 0.1) is 6.10 Å². The van der Waals surface area contributed by atoms with Crippen molar-refractivity contribution in [1.82, 2.24) is 5.32 Å². The molecule has 0 fully saturated rings. The van der Waals surface area contributed by atoms with Gasteiger partial charge in [-0.15, -0.1) is 0 Å². The van der Waals surface area contributed by atoms with E-state index in [1.54, 1.807) is 0 Å². The summed E-state index contributed by atoms with van der Waals surface area (Å²) in [5, 5.41) is 12.0. The van der Waals surface area contributed by atoms with Gasteiger partial charge in [-0.3, -0.25) is 4.79 Å². The van der Waals surface area contributed by atoms with Crippen LogP contribution < -0.4 is 5.32 Å². The number of nitrogens with one attached hydrogen (secondary N) is 1. The van der Waals surface area contributed by atoms with Gasteiger partial charge in [0.25, 0.3) is 0 Å². The highest BCUT2D eigenvalue weighted by Gasteiger charge is 2.07. The number of carbonyl (C=O) groups excluding carboxylic acids is 1. The first kappa shape index (κ1) is 12.4. The van der Waals surface area contributed by atoms with E-state index in [9.17, 15) is 9.90 Å². The standard InChI is InChI=1S/C10H21NO2/c1-4-5-9(12)7-11-10(13)6-8(2)3/h8-9,12H,4-7H2,1-3H3,(H,11,13). The minimum Gasteiger partial charge on any atom is -0.391 e. The first-order valence-electron chi connectivity index (χ1n) is 5.01. The normalized spacial score (nSPS) is 13.0. The van der Waals surface area contributed by atoms with Crippen molar-refractivity contribution in [1.29, 1.82) is 0 Å². The maximum absolute atomic E-state index is 11.1. The molecule has 0 spiro atoms. The van der Waals surface area contributed by atoms with E-state index in [4.69, 9.17) is 0 Å². The lowest BCUT2D eigenvalue weighted by molar-refractivity contribution is -0.122. The molecule has 0 aromatic rings. The maximum atomic E-state index is 11.1. The summed E-state index contributed by atoms with van der Waals surface area (Å²) in [7, 11) is 0. The molecular weight excluding hydrogens is 166 g/mol. The first-order valence-corrected chi connectivity index (χ1v) is 5.01. The molecule has 0 aliphatic rings. The Morgan fingerprint density at radius 3 is 2.54 bits per heavy atom. The fraction of sp³-hybridized carbons (Fsp3) is 0.900. The molecule has 0 aromatic heterocycles. The third kappa shape index (κ3) is 7.78. The van der Waals surface area contributed by atoms with Gasteiger partial charge < -0.3 is 10.4 Å². The number of hydrogen-bond donors (Lipinski definition) is 2. The molecule has 0 aliphatic carbocycles. The highest BCUT2D eigenvalue weighted by atomic mass is 16.3. The van der Waals surface area contributed by atoms with Crippen LogP contribution >= 0.6 is 0 Å². The van der Waals surface area contributed by atoms with Crippen LogP contribution in [0.4, 0.5) is 0 Å². The Hall–Kier alpha value is -0.570. The minimum atomic E-state index is -0.388. The smallest absolute Gasteiger partial charge is 0.220 e. The summed E-state index contributed by atoms with van der Waals surface area (Å²) in [6.07, 6.45) is 1.85. The van der Waals surface area contributed by atoms with Crippen molar-refractivity contribution in [2.24, 2.45) is 5.92 Å². The van der Waals surface area contributed by atoms with Gasteiger partial charge in [0, 0.05) is 13.0 Å². The van der Waals surface area contributed by atoms with Crippen molar-refractivity contribution >= 4 is 5.91 Å². The molecule has 0 aromatic carbocycles. The number of aliphatic hydroxyl groups is 1. The zero-order valence-electron chi connectivity index (χ0n) is 8.84. The predicted octanol–water partition coefficient (Wildman–Crippen LogP) is 1.31. The van der Waals surface area contributed by atoms with Crippen molar-refractivity contribution in [2.75, 3.05) is 6.54 Å². The van der Waals surface area contributed by atoms with Gasteiger partial charge in [-0.05, 0) is 12.3 Å². The highest BCUT2D eigenvalue weighted by molar-refractivity contribution is 5.76. The first-order chi connectivity index (χ1) is 6.06. The lowest BCUT2D eigenvalue weighted by Gasteiger charge is -2.11. The largest absolute Gasteiger partial charge is 0.391 e. The summed E-state index contributed by atoms with van der Waals surface area (Å²) in [6.45, 7) is 6.41. The van der Waals surface area contributed by atoms with Crippen LogP contribution in [0.3, 0.4) is 0 Å². The highest BCUT2D eigenvalue weighted by Crippen LogP contribution is 1.99. The van der Waals surface area contributed by atoms with E-state index >= 15 is 0 Å². The van der Waals surface area contributed by atoms with Gasteiger partial charge >= 0.3 is 0 Å². The SMILES string of the molecule is CCCC(O)CNC(=O)CC(C)C. The van der Waals surface area contributed by atoms with E-state index in [2.05, 4.69) is 5.32 Å². The van der Waals surface area contributed by atoms with Gasteiger partial charge in [-0.2, -0.15) is 0 Å². The molecule has 0 bridgehead atoms. The van der Waals surface area contributed by atoms with Crippen molar-refractivity contribution in [3.05, 3.63) is 0 Å². The van der Waals surface area contributed by atoms with Gasteiger partial charge in [0.1, 0.15) is 0 Å². The molecule has 1 amide bonds. The fourth-order valence-electron chi connectivity index (χ4n) is 1.11. The maximum Gasteiger partial charge on any atom is 0.220 e. The molecule has 0 radical (unpaired) electrons. The van der Waals surface area contributed by atoms with Crippen LogP contribution in [0.2, 0.25) is 0 Å². The van der Waals surface area contributed by atoms with E-state index in [-0.39, 0.29) is 12.0 Å². The van der Waals surface area contributed by atoms with Crippen LogP contribution in [-0.4, -0.2) is 23.7 Å². The lowest BCUT2D eigenvalue weighted by atomic mass is 10.1. The molecule has 0 saturated heterocycles. The summed E-state index contributed by atoms with van der Waals surface area (Å²) in [6, 6.07) is 0. The molecule has 0 aliphatic heterocycles. The second-order valence-corrected chi connectivity index (χ2v) is 3.84. The van der Waals surface area contributed by atoms with Gasteiger partial charge in [0.2, 0.25) is 5.91 Å². The average Bonchev–Trinajstić information content (AvgIpc) is 2.00. The van der Waals surface area contributed by atoms with E-state index in [1.807, 2.05) is 20.8 Å². The van der Waals surface area contributed by atoms with Crippen molar-refractivity contribution in [3.63, 3.8) is 0 Å². The third-order valence-electron chi connectivity index (χ3n) is 1.75. The van der Waals surface area contributed by atoms with E-state index < -0.39 is 0 Å². The molecule has 3 heteroatoms. The van der Waals surface area contributed by atoms with Gasteiger partial charge in [0.15, 0.2) is 0 Å². The molecule has 1 atom stereocenters. The van der Waals surface area contributed by atoms with Crippen LogP contribution in [0, 0.1) is 5.92 Å². The van der Waals surface area contributed by atoms with Crippen molar-refractivity contribution in [2.45, 2.75) is 46.1 Å². The number of amides is 1. The average molecular weight is 187 g/mol. The zero-order valence-corrected chi connectivity index (χ0v) is 8.84. The molecule has 78 valence electrons. The second-order valence-electron chi connectivity index (χ2n) is 3.84. The second kappa shape index (κ2) is 6.89. The fourth-order valence-corrected chi connectivity index (χ4v) is 1.11. The van der Waals surface area contributed by atoms with E-state index in [0.717, 1.165) is 12.8 Å². The van der Waals surface area contributed by atoms with Crippen LogP contribution in [0.5, 0.6) is 0 Å².